The monoisotopic (exact) mass is 310 g/mol. The molecule has 0 bridgehead atoms. The summed E-state index contributed by atoms with van der Waals surface area (Å²) >= 11 is 5.39. The molecule has 1 atom stereocenters. The molecular formula is C13H15BrN2S. The van der Waals surface area contributed by atoms with Crippen LogP contribution in [0.1, 0.15) is 28.4 Å². The third-order valence-electron chi connectivity index (χ3n) is 2.51. The molecule has 2 aromatic rings. The molecule has 0 amide bonds. The Labute approximate surface area is 114 Å². The van der Waals surface area contributed by atoms with Crippen LogP contribution in [0.5, 0.6) is 0 Å². The fourth-order valence-electron chi connectivity index (χ4n) is 1.76. The zero-order valence-electron chi connectivity index (χ0n) is 9.90. The number of nitrogens with zero attached hydrogens (tertiary/aromatic N) is 1. The molecule has 2 rings (SSSR count). The molecule has 0 saturated carbocycles. The highest BCUT2D eigenvalue weighted by Crippen LogP contribution is 2.30. The van der Waals surface area contributed by atoms with Gasteiger partial charge in [-0.25, -0.2) is 0 Å². The summed E-state index contributed by atoms with van der Waals surface area (Å²) in [5.74, 6) is 0. The topological polar surface area (TPSA) is 24.9 Å². The average molecular weight is 311 g/mol. The number of aromatic nitrogens is 1. The van der Waals surface area contributed by atoms with Crippen LogP contribution in [0.2, 0.25) is 0 Å². The SMILES string of the molecule is CCNC(c1ccc(C)s1)c1ncccc1Br. The standard InChI is InChI=1S/C13H15BrN2S/c1-3-15-13(11-7-6-9(2)17-11)12-10(14)5-4-8-16-12/h4-8,13,15H,3H2,1-2H3. The van der Waals surface area contributed by atoms with Crippen LogP contribution in [0.25, 0.3) is 0 Å². The van der Waals surface area contributed by atoms with Crippen molar-refractivity contribution in [1.29, 1.82) is 0 Å². The van der Waals surface area contributed by atoms with E-state index in [4.69, 9.17) is 0 Å². The highest BCUT2D eigenvalue weighted by atomic mass is 79.9. The van der Waals surface area contributed by atoms with Crippen molar-refractivity contribution < 1.29 is 0 Å². The van der Waals surface area contributed by atoms with Gasteiger partial charge in [0.1, 0.15) is 0 Å². The lowest BCUT2D eigenvalue weighted by Gasteiger charge is -2.17. The van der Waals surface area contributed by atoms with Gasteiger partial charge in [-0.05, 0) is 53.7 Å². The highest BCUT2D eigenvalue weighted by molar-refractivity contribution is 9.10. The van der Waals surface area contributed by atoms with E-state index in [2.05, 4.69) is 52.2 Å². The van der Waals surface area contributed by atoms with E-state index >= 15 is 0 Å². The molecule has 0 aromatic carbocycles. The van der Waals surface area contributed by atoms with Gasteiger partial charge in [-0.3, -0.25) is 4.98 Å². The number of nitrogens with one attached hydrogen (secondary N) is 1. The molecule has 0 aliphatic carbocycles. The number of aryl methyl sites for hydroxylation is 1. The summed E-state index contributed by atoms with van der Waals surface area (Å²) in [5, 5.41) is 3.49. The van der Waals surface area contributed by atoms with E-state index in [0.29, 0.717) is 0 Å². The Balaban J connectivity index is 2.39. The molecule has 1 unspecified atom stereocenters. The number of rotatable bonds is 4. The zero-order valence-corrected chi connectivity index (χ0v) is 12.3. The van der Waals surface area contributed by atoms with Crippen molar-refractivity contribution in [2.24, 2.45) is 0 Å². The minimum atomic E-state index is 0.175. The maximum atomic E-state index is 4.48. The molecule has 0 aliphatic rings. The van der Waals surface area contributed by atoms with Gasteiger partial charge in [0.2, 0.25) is 0 Å². The number of thiophene rings is 1. The molecule has 1 N–H and O–H groups in total. The van der Waals surface area contributed by atoms with Crippen LogP contribution in [0.15, 0.2) is 34.9 Å². The fourth-order valence-corrected chi connectivity index (χ4v) is 3.20. The highest BCUT2D eigenvalue weighted by Gasteiger charge is 2.18. The van der Waals surface area contributed by atoms with Crippen LogP contribution < -0.4 is 5.32 Å². The molecular weight excluding hydrogens is 296 g/mol. The van der Waals surface area contributed by atoms with Gasteiger partial charge in [-0.15, -0.1) is 11.3 Å². The number of hydrogen-bond donors (Lipinski definition) is 1. The van der Waals surface area contributed by atoms with E-state index in [0.717, 1.165) is 16.7 Å². The Hall–Kier alpha value is -0.710. The maximum absolute atomic E-state index is 4.48. The smallest absolute Gasteiger partial charge is 0.0856 e. The summed E-state index contributed by atoms with van der Waals surface area (Å²) in [6.45, 7) is 5.17. The third-order valence-corrected chi connectivity index (χ3v) is 4.25. The first-order valence-corrected chi connectivity index (χ1v) is 7.23. The van der Waals surface area contributed by atoms with Crippen molar-refractivity contribution in [3.8, 4) is 0 Å². The predicted molar refractivity (Wildman–Crippen MR) is 76.5 cm³/mol. The first-order valence-electron chi connectivity index (χ1n) is 5.62. The van der Waals surface area contributed by atoms with E-state index in [1.54, 1.807) is 0 Å². The lowest BCUT2D eigenvalue weighted by atomic mass is 10.1. The van der Waals surface area contributed by atoms with E-state index in [-0.39, 0.29) is 6.04 Å². The Bertz CT molecular complexity index is 496. The summed E-state index contributed by atoms with van der Waals surface area (Å²) < 4.78 is 1.05. The van der Waals surface area contributed by atoms with Crippen molar-refractivity contribution in [3.05, 3.63) is 50.4 Å². The van der Waals surface area contributed by atoms with Crippen LogP contribution in [-0.2, 0) is 0 Å². The molecule has 90 valence electrons. The van der Waals surface area contributed by atoms with Gasteiger partial charge < -0.3 is 5.32 Å². The molecule has 2 aromatic heterocycles. The van der Waals surface area contributed by atoms with Gasteiger partial charge in [-0.2, -0.15) is 0 Å². The zero-order chi connectivity index (χ0) is 12.3. The van der Waals surface area contributed by atoms with E-state index in [1.807, 2.05) is 29.7 Å². The molecule has 2 nitrogen and oxygen atoms in total. The summed E-state index contributed by atoms with van der Waals surface area (Å²) in [4.78, 5) is 7.12. The van der Waals surface area contributed by atoms with Gasteiger partial charge in [0.15, 0.2) is 0 Å². The fraction of sp³-hybridized carbons (Fsp3) is 0.308. The summed E-state index contributed by atoms with van der Waals surface area (Å²) in [7, 11) is 0. The Kier molecular flexibility index (Phi) is 4.31. The van der Waals surface area contributed by atoms with Crippen LogP contribution in [0, 0.1) is 6.92 Å². The van der Waals surface area contributed by atoms with E-state index in [1.165, 1.54) is 9.75 Å². The van der Waals surface area contributed by atoms with E-state index in [9.17, 15) is 0 Å². The van der Waals surface area contributed by atoms with Crippen LogP contribution in [0.3, 0.4) is 0 Å². The van der Waals surface area contributed by atoms with Crippen molar-refractivity contribution in [3.63, 3.8) is 0 Å². The number of halogens is 1. The molecule has 0 fully saturated rings. The van der Waals surface area contributed by atoms with Crippen LogP contribution in [-0.4, -0.2) is 11.5 Å². The lowest BCUT2D eigenvalue weighted by molar-refractivity contribution is 0.622. The van der Waals surface area contributed by atoms with Crippen LogP contribution >= 0.6 is 27.3 Å². The van der Waals surface area contributed by atoms with Crippen molar-refractivity contribution >= 4 is 27.3 Å². The second kappa shape index (κ2) is 5.76. The Morgan fingerprint density at radius 1 is 1.41 bits per heavy atom. The first-order chi connectivity index (χ1) is 8.22. The van der Waals surface area contributed by atoms with Gasteiger partial charge in [0.05, 0.1) is 11.7 Å². The molecule has 0 radical (unpaired) electrons. The number of pyridine rings is 1. The Morgan fingerprint density at radius 2 is 2.24 bits per heavy atom. The van der Waals surface area contributed by atoms with Crippen molar-refractivity contribution in [2.75, 3.05) is 6.54 Å². The largest absolute Gasteiger partial charge is 0.305 e. The molecule has 2 heterocycles. The van der Waals surface area contributed by atoms with Gasteiger partial charge >= 0.3 is 0 Å². The average Bonchev–Trinajstić information content (AvgIpc) is 2.74. The molecule has 4 heteroatoms. The molecule has 0 spiro atoms. The molecule has 0 aliphatic heterocycles. The summed E-state index contributed by atoms with van der Waals surface area (Å²) in [6.07, 6.45) is 1.84. The Morgan fingerprint density at radius 3 is 2.82 bits per heavy atom. The van der Waals surface area contributed by atoms with Gasteiger partial charge in [0.25, 0.3) is 0 Å². The molecule has 17 heavy (non-hydrogen) atoms. The van der Waals surface area contributed by atoms with Crippen LogP contribution in [0.4, 0.5) is 0 Å². The summed E-state index contributed by atoms with van der Waals surface area (Å²) in [5.41, 5.74) is 1.05. The second-order valence-electron chi connectivity index (χ2n) is 3.81. The quantitative estimate of drug-likeness (QED) is 0.926. The minimum absolute atomic E-state index is 0.175. The van der Waals surface area contributed by atoms with E-state index < -0.39 is 0 Å². The van der Waals surface area contributed by atoms with Crippen molar-refractivity contribution in [1.82, 2.24) is 10.3 Å². The molecule has 0 saturated heterocycles. The predicted octanol–water partition coefficient (Wildman–Crippen LogP) is 3.91. The second-order valence-corrected chi connectivity index (χ2v) is 5.98. The third kappa shape index (κ3) is 2.94. The minimum Gasteiger partial charge on any atom is -0.305 e. The number of hydrogen-bond acceptors (Lipinski definition) is 3. The lowest BCUT2D eigenvalue weighted by Crippen LogP contribution is -2.22. The maximum Gasteiger partial charge on any atom is 0.0856 e. The normalized spacial score (nSPS) is 12.6. The van der Waals surface area contributed by atoms with Gasteiger partial charge in [-0.1, -0.05) is 6.92 Å². The van der Waals surface area contributed by atoms with Gasteiger partial charge in [0, 0.05) is 20.4 Å². The summed E-state index contributed by atoms with van der Waals surface area (Å²) in [6, 6.07) is 8.48. The first kappa shape index (κ1) is 12.7. The van der Waals surface area contributed by atoms with Crippen molar-refractivity contribution in [2.45, 2.75) is 19.9 Å².